The van der Waals surface area contributed by atoms with Crippen molar-refractivity contribution in [2.45, 2.75) is 40.7 Å². The SMILES string of the molecule is COC(c1nc(Cl)c2c(C)c(C)sc2n1)C(C)(C)C. The van der Waals surface area contributed by atoms with Crippen LogP contribution in [-0.4, -0.2) is 17.1 Å². The van der Waals surface area contributed by atoms with Crippen LogP contribution >= 0.6 is 22.9 Å². The van der Waals surface area contributed by atoms with Crippen molar-refractivity contribution in [3.63, 3.8) is 0 Å². The average Bonchev–Trinajstić information content (AvgIpc) is 2.53. The number of aromatic nitrogens is 2. The predicted octanol–water partition coefficient (Wildman–Crippen LogP) is 4.70. The maximum absolute atomic E-state index is 6.33. The fraction of sp³-hybridized carbons (Fsp3) is 0.571. The number of halogens is 1. The van der Waals surface area contributed by atoms with Crippen LogP contribution in [0.25, 0.3) is 10.2 Å². The highest BCUT2D eigenvalue weighted by atomic mass is 35.5. The Bertz CT molecular complexity index is 616. The molecule has 0 aromatic carbocycles. The Hall–Kier alpha value is -0.710. The van der Waals surface area contributed by atoms with Gasteiger partial charge in [-0.15, -0.1) is 11.3 Å². The van der Waals surface area contributed by atoms with E-state index in [1.807, 2.05) is 0 Å². The van der Waals surface area contributed by atoms with Gasteiger partial charge < -0.3 is 4.74 Å². The average molecular weight is 299 g/mol. The number of ether oxygens (including phenoxy) is 1. The lowest BCUT2D eigenvalue weighted by Gasteiger charge is -2.27. The summed E-state index contributed by atoms with van der Waals surface area (Å²) in [4.78, 5) is 11.3. The second-order valence-corrected chi connectivity index (χ2v) is 7.38. The minimum atomic E-state index is -0.169. The lowest BCUT2D eigenvalue weighted by atomic mass is 9.88. The van der Waals surface area contributed by atoms with E-state index in [0.717, 1.165) is 10.2 Å². The highest BCUT2D eigenvalue weighted by Gasteiger charge is 2.30. The van der Waals surface area contributed by atoms with Gasteiger partial charge in [0.1, 0.15) is 16.1 Å². The summed E-state index contributed by atoms with van der Waals surface area (Å²) in [5.74, 6) is 0.661. The molecule has 0 saturated carbocycles. The molecule has 19 heavy (non-hydrogen) atoms. The first-order valence-corrected chi connectivity index (χ1v) is 7.41. The molecule has 0 bridgehead atoms. The molecule has 0 aliphatic heterocycles. The van der Waals surface area contributed by atoms with Gasteiger partial charge in [0.25, 0.3) is 0 Å². The summed E-state index contributed by atoms with van der Waals surface area (Å²) in [6.07, 6.45) is -0.169. The Labute approximate surface area is 123 Å². The van der Waals surface area contributed by atoms with Crippen LogP contribution in [0.5, 0.6) is 0 Å². The van der Waals surface area contributed by atoms with Crippen molar-refractivity contribution in [2.75, 3.05) is 7.11 Å². The highest BCUT2D eigenvalue weighted by molar-refractivity contribution is 7.18. The number of methoxy groups -OCH3 is 1. The van der Waals surface area contributed by atoms with Crippen molar-refractivity contribution in [3.05, 3.63) is 21.4 Å². The number of aryl methyl sites for hydroxylation is 2. The van der Waals surface area contributed by atoms with Crippen molar-refractivity contribution in [1.29, 1.82) is 0 Å². The molecule has 2 heterocycles. The molecule has 3 nitrogen and oxygen atoms in total. The van der Waals surface area contributed by atoms with Crippen LogP contribution in [0, 0.1) is 19.3 Å². The van der Waals surface area contributed by atoms with Crippen LogP contribution in [0.3, 0.4) is 0 Å². The number of nitrogens with zero attached hydrogens (tertiary/aromatic N) is 2. The standard InChI is InChI=1S/C14H19ClN2OS/c1-7-8(2)19-13-9(7)11(15)16-12(17-13)10(18-6)14(3,4)5/h10H,1-6H3. The monoisotopic (exact) mass is 298 g/mol. The first-order chi connectivity index (χ1) is 8.75. The molecule has 2 aromatic heterocycles. The van der Waals surface area contributed by atoms with E-state index in [1.54, 1.807) is 18.4 Å². The van der Waals surface area contributed by atoms with Crippen LogP contribution in [0.4, 0.5) is 0 Å². The van der Waals surface area contributed by atoms with E-state index in [0.29, 0.717) is 11.0 Å². The molecule has 0 spiro atoms. The second kappa shape index (κ2) is 5.00. The molecular weight excluding hydrogens is 280 g/mol. The molecule has 104 valence electrons. The van der Waals surface area contributed by atoms with Crippen molar-refractivity contribution in [3.8, 4) is 0 Å². The van der Waals surface area contributed by atoms with Gasteiger partial charge in [0.05, 0.1) is 5.39 Å². The summed E-state index contributed by atoms with van der Waals surface area (Å²) in [5.41, 5.74) is 1.09. The summed E-state index contributed by atoms with van der Waals surface area (Å²) in [5, 5.41) is 1.49. The molecule has 0 saturated heterocycles. The van der Waals surface area contributed by atoms with Gasteiger partial charge in [-0.25, -0.2) is 9.97 Å². The topological polar surface area (TPSA) is 35.0 Å². The van der Waals surface area contributed by atoms with Gasteiger partial charge in [0.15, 0.2) is 5.82 Å². The van der Waals surface area contributed by atoms with Crippen LogP contribution in [0.2, 0.25) is 5.15 Å². The molecule has 0 fully saturated rings. The zero-order chi connectivity index (χ0) is 14.4. The first kappa shape index (κ1) is 14.7. The molecule has 2 aromatic rings. The third-order valence-corrected chi connectivity index (χ3v) is 4.63. The maximum Gasteiger partial charge on any atom is 0.161 e. The summed E-state index contributed by atoms with van der Waals surface area (Å²) in [6, 6.07) is 0. The first-order valence-electron chi connectivity index (χ1n) is 6.21. The third-order valence-electron chi connectivity index (χ3n) is 3.26. The van der Waals surface area contributed by atoms with E-state index in [9.17, 15) is 0 Å². The quantitative estimate of drug-likeness (QED) is 0.754. The minimum absolute atomic E-state index is 0.0763. The van der Waals surface area contributed by atoms with Crippen molar-refractivity contribution in [1.82, 2.24) is 9.97 Å². The lowest BCUT2D eigenvalue weighted by molar-refractivity contribution is 0.00895. The van der Waals surface area contributed by atoms with E-state index in [4.69, 9.17) is 16.3 Å². The molecule has 0 amide bonds. The van der Waals surface area contributed by atoms with Crippen LogP contribution in [-0.2, 0) is 4.74 Å². The number of thiophene rings is 1. The number of hydrogen-bond acceptors (Lipinski definition) is 4. The maximum atomic E-state index is 6.33. The summed E-state index contributed by atoms with van der Waals surface area (Å²) >= 11 is 7.99. The zero-order valence-electron chi connectivity index (χ0n) is 12.2. The Balaban J connectivity index is 2.64. The number of hydrogen-bond donors (Lipinski definition) is 0. The summed E-state index contributed by atoms with van der Waals surface area (Å²) in [7, 11) is 1.68. The van der Waals surface area contributed by atoms with Gasteiger partial charge in [-0.2, -0.15) is 0 Å². The molecular formula is C14H19ClN2OS. The molecule has 0 aliphatic rings. The largest absolute Gasteiger partial charge is 0.373 e. The number of fused-ring (bicyclic) bond motifs is 1. The molecule has 0 radical (unpaired) electrons. The van der Waals surface area contributed by atoms with Gasteiger partial charge in [0, 0.05) is 12.0 Å². The van der Waals surface area contributed by atoms with Gasteiger partial charge in [-0.05, 0) is 24.8 Å². The van der Waals surface area contributed by atoms with E-state index >= 15 is 0 Å². The Kier molecular flexibility index (Phi) is 3.87. The Morgan fingerprint density at radius 2 is 1.84 bits per heavy atom. The fourth-order valence-electron chi connectivity index (χ4n) is 2.18. The molecule has 1 unspecified atom stereocenters. The van der Waals surface area contributed by atoms with Crippen LogP contribution < -0.4 is 0 Å². The van der Waals surface area contributed by atoms with Gasteiger partial charge in [-0.1, -0.05) is 32.4 Å². The normalized spacial score (nSPS) is 14.1. The van der Waals surface area contributed by atoms with E-state index < -0.39 is 0 Å². The van der Waals surface area contributed by atoms with Gasteiger partial charge in [-0.3, -0.25) is 0 Å². The molecule has 2 rings (SSSR count). The number of rotatable bonds is 2. The predicted molar refractivity (Wildman–Crippen MR) is 81.1 cm³/mol. The van der Waals surface area contributed by atoms with E-state index in [-0.39, 0.29) is 11.5 Å². The molecule has 1 atom stereocenters. The van der Waals surface area contributed by atoms with Crippen molar-refractivity contribution >= 4 is 33.2 Å². The molecule has 5 heteroatoms. The zero-order valence-corrected chi connectivity index (χ0v) is 13.7. The fourth-order valence-corrected chi connectivity index (χ4v) is 3.59. The van der Waals surface area contributed by atoms with E-state index in [2.05, 4.69) is 44.6 Å². The van der Waals surface area contributed by atoms with Gasteiger partial charge >= 0.3 is 0 Å². The smallest absolute Gasteiger partial charge is 0.161 e. The van der Waals surface area contributed by atoms with Crippen LogP contribution in [0.15, 0.2) is 0 Å². The van der Waals surface area contributed by atoms with E-state index in [1.165, 1.54) is 10.4 Å². The molecule has 0 aliphatic carbocycles. The Morgan fingerprint density at radius 1 is 1.21 bits per heavy atom. The highest BCUT2D eigenvalue weighted by Crippen LogP contribution is 2.38. The van der Waals surface area contributed by atoms with Crippen molar-refractivity contribution in [2.24, 2.45) is 5.41 Å². The van der Waals surface area contributed by atoms with Crippen molar-refractivity contribution < 1.29 is 4.74 Å². The second-order valence-electron chi connectivity index (χ2n) is 5.82. The minimum Gasteiger partial charge on any atom is -0.373 e. The van der Waals surface area contributed by atoms with Gasteiger partial charge in [0.2, 0.25) is 0 Å². The lowest BCUT2D eigenvalue weighted by Crippen LogP contribution is -2.22. The third kappa shape index (κ3) is 2.62. The summed E-state index contributed by atoms with van der Waals surface area (Å²) in [6.45, 7) is 10.4. The Morgan fingerprint density at radius 3 is 2.37 bits per heavy atom. The molecule has 0 N–H and O–H groups in total. The van der Waals surface area contributed by atoms with Crippen LogP contribution in [0.1, 0.15) is 43.1 Å². The summed E-state index contributed by atoms with van der Waals surface area (Å²) < 4.78 is 5.56.